The van der Waals surface area contributed by atoms with Crippen LogP contribution in [-0.4, -0.2) is 20.4 Å². The number of amides is 2. The molecule has 128 valence electrons. The molecule has 0 atom stereocenters. The molecule has 0 aliphatic carbocycles. The van der Waals surface area contributed by atoms with Gasteiger partial charge in [0.1, 0.15) is 5.82 Å². The first-order valence-electron chi connectivity index (χ1n) is 7.91. The molecule has 0 saturated heterocycles. The van der Waals surface area contributed by atoms with Crippen LogP contribution in [0, 0.1) is 5.82 Å². The molecule has 2 N–H and O–H groups in total. The second-order valence-corrected chi connectivity index (χ2v) is 5.62. The topological polar surface area (TPSA) is 71.3 Å². The molecule has 26 heavy (non-hydrogen) atoms. The van der Waals surface area contributed by atoms with Crippen molar-refractivity contribution in [1.82, 2.24) is 14.4 Å². The lowest BCUT2D eigenvalue weighted by atomic mass is 10.1. The molecule has 4 aromatic rings. The number of nitrogens with one attached hydrogen (secondary N) is 2. The molecule has 0 bridgehead atoms. The van der Waals surface area contributed by atoms with Crippen LogP contribution < -0.4 is 10.6 Å². The van der Waals surface area contributed by atoms with Crippen molar-refractivity contribution in [2.24, 2.45) is 0 Å². The molecular weight excluding hydrogens is 333 g/mol. The number of anilines is 2. The van der Waals surface area contributed by atoms with E-state index in [1.807, 2.05) is 41.1 Å². The van der Waals surface area contributed by atoms with E-state index in [0.717, 1.165) is 11.3 Å². The molecule has 0 aliphatic rings. The maximum atomic E-state index is 13.2. The van der Waals surface area contributed by atoms with E-state index in [1.54, 1.807) is 18.3 Å². The molecule has 2 amide bonds. The van der Waals surface area contributed by atoms with E-state index in [4.69, 9.17) is 0 Å². The Morgan fingerprint density at radius 1 is 1.00 bits per heavy atom. The second-order valence-electron chi connectivity index (χ2n) is 5.62. The van der Waals surface area contributed by atoms with Gasteiger partial charge in [0.15, 0.2) is 0 Å². The zero-order chi connectivity index (χ0) is 17.9. The standard InChI is InChI=1S/C19H14FN5O/c20-14-5-2-7-16(11-14)23-19(26)22-15-6-1-4-13(10-15)17-12-25-9-3-8-21-18(25)24-17/h1-12H,(H2,22,23,26). The van der Waals surface area contributed by atoms with Crippen LogP contribution in [0.5, 0.6) is 0 Å². The highest BCUT2D eigenvalue weighted by Gasteiger charge is 2.08. The van der Waals surface area contributed by atoms with Crippen LogP contribution in [0.25, 0.3) is 17.0 Å². The van der Waals surface area contributed by atoms with E-state index in [1.165, 1.54) is 18.2 Å². The lowest BCUT2D eigenvalue weighted by molar-refractivity contribution is 0.262. The number of nitrogens with zero attached hydrogens (tertiary/aromatic N) is 3. The lowest BCUT2D eigenvalue weighted by Gasteiger charge is -2.08. The minimum atomic E-state index is -0.454. The maximum absolute atomic E-state index is 13.2. The highest BCUT2D eigenvalue weighted by atomic mass is 19.1. The van der Waals surface area contributed by atoms with E-state index in [-0.39, 0.29) is 0 Å². The molecule has 4 rings (SSSR count). The summed E-state index contributed by atoms with van der Waals surface area (Å²) in [5.74, 6) is 0.190. The summed E-state index contributed by atoms with van der Waals surface area (Å²) in [6.07, 6.45) is 5.42. The van der Waals surface area contributed by atoms with Gasteiger partial charge in [0.25, 0.3) is 0 Å². The van der Waals surface area contributed by atoms with Crippen molar-refractivity contribution in [3.05, 3.63) is 79.0 Å². The van der Waals surface area contributed by atoms with E-state index in [2.05, 4.69) is 20.6 Å². The summed E-state index contributed by atoms with van der Waals surface area (Å²) in [7, 11) is 0. The smallest absolute Gasteiger partial charge is 0.308 e. The Hall–Kier alpha value is -3.74. The van der Waals surface area contributed by atoms with Gasteiger partial charge in [-0.15, -0.1) is 0 Å². The molecule has 2 heterocycles. The first-order chi connectivity index (χ1) is 12.7. The number of benzene rings is 2. The first-order valence-corrected chi connectivity index (χ1v) is 7.91. The number of aromatic nitrogens is 3. The molecule has 2 aromatic carbocycles. The summed E-state index contributed by atoms with van der Waals surface area (Å²) in [6.45, 7) is 0. The van der Waals surface area contributed by atoms with Crippen LogP contribution in [0.2, 0.25) is 0 Å². The lowest BCUT2D eigenvalue weighted by Crippen LogP contribution is -2.19. The molecule has 6 nitrogen and oxygen atoms in total. The average Bonchev–Trinajstić information content (AvgIpc) is 3.06. The van der Waals surface area contributed by atoms with Gasteiger partial charge in [-0.25, -0.2) is 19.2 Å². The predicted molar refractivity (Wildman–Crippen MR) is 97.5 cm³/mol. The fourth-order valence-electron chi connectivity index (χ4n) is 2.58. The first kappa shape index (κ1) is 15.8. The normalized spacial score (nSPS) is 10.7. The summed E-state index contributed by atoms with van der Waals surface area (Å²) >= 11 is 0. The Morgan fingerprint density at radius 2 is 1.77 bits per heavy atom. The zero-order valence-corrected chi connectivity index (χ0v) is 13.6. The summed E-state index contributed by atoms with van der Waals surface area (Å²) < 4.78 is 15.0. The minimum Gasteiger partial charge on any atom is -0.308 e. The number of hydrogen-bond donors (Lipinski definition) is 2. The molecule has 0 aliphatic heterocycles. The van der Waals surface area contributed by atoms with Gasteiger partial charge in [-0.2, -0.15) is 0 Å². The second kappa shape index (κ2) is 6.64. The fourth-order valence-corrected chi connectivity index (χ4v) is 2.58. The molecule has 0 radical (unpaired) electrons. The van der Waals surface area contributed by atoms with E-state index >= 15 is 0 Å². The predicted octanol–water partition coefficient (Wildman–Crippen LogP) is 4.18. The number of urea groups is 1. The number of carbonyl (C=O) groups excluding carboxylic acids is 1. The molecule has 2 aromatic heterocycles. The van der Waals surface area contributed by atoms with Crippen molar-refractivity contribution in [3.63, 3.8) is 0 Å². The van der Waals surface area contributed by atoms with Crippen LogP contribution in [-0.2, 0) is 0 Å². The number of fused-ring (bicyclic) bond motifs is 1. The van der Waals surface area contributed by atoms with Crippen molar-refractivity contribution in [1.29, 1.82) is 0 Å². The monoisotopic (exact) mass is 347 g/mol. The molecule has 7 heteroatoms. The molecule has 0 fully saturated rings. The molecule has 0 unspecified atom stereocenters. The Bertz CT molecular complexity index is 1060. The minimum absolute atomic E-state index is 0.380. The van der Waals surface area contributed by atoms with Crippen LogP contribution in [0.4, 0.5) is 20.6 Å². The van der Waals surface area contributed by atoms with Gasteiger partial charge in [0.2, 0.25) is 5.78 Å². The van der Waals surface area contributed by atoms with E-state index < -0.39 is 11.8 Å². The third-order valence-corrected chi connectivity index (χ3v) is 3.73. The summed E-state index contributed by atoms with van der Waals surface area (Å²) in [4.78, 5) is 20.8. The Kier molecular flexibility index (Phi) is 4.03. The fraction of sp³-hybridized carbons (Fsp3) is 0. The van der Waals surface area contributed by atoms with Gasteiger partial charge in [-0.3, -0.25) is 4.40 Å². The summed E-state index contributed by atoms with van der Waals surface area (Å²) in [5.41, 5.74) is 2.57. The van der Waals surface area contributed by atoms with Crippen LogP contribution >= 0.6 is 0 Å². The number of rotatable bonds is 3. The van der Waals surface area contributed by atoms with Crippen molar-refractivity contribution < 1.29 is 9.18 Å². The zero-order valence-electron chi connectivity index (χ0n) is 13.6. The van der Waals surface area contributed by atoms with E-state index in [9.17, 15) is 9.18 Å². The quantitative estimate of drug-likeness (QED) is 0.584. The number of halogens is 1. The van der Waals surface area contributed by atoms with Crippen molar-refractivity contribution in [3.8, 4) is 11.3 Å². The third kappa shape index (κ3) is 3.36. The maximum Gasteiger partial charge on any atom is 0.323 e. The number of carbonyl (C=O) groups is 1. The SMILES string of the molecule is O=C(Nc1cccc(F)c1)Nc1cccc(-c2cn3cccnc3n2)c1. The summed E-state index contributed by atoms with van der Waals surface area (Å²) in [5, 5.41) is 5.32. The Labute approximate surface area is 148 Å². The molecule has 0 spiro atoms. The van der Waals surface area contributed by atoms with Crippen molar-refractivity contribution in [2.75, 3.05) is 10.6 Å². The number of hydrogen-bond acceptors (Lipinski definition) is 3. The third-order valence-electron chi connectivity index (χ3n) is 3.73. The van der Waals surface area contributed by atoms with Gasteiger partial charge in [-0.05, 0) is 36.4 Å². The highest BCUT2D eigenvalue weighted by molar-refractivity contribution is 6.00. The Morgan fingerprint density at radius 3 is 2.54 bits per heavy atom. The largest absolute Gasteiger partial charge is 0.323 e. The summed E-state index contributed by atoms with van der Waals surface area (Å²) in [6, 6.07) is 14.4. The van der Waals surface area contributed by atoms with Gasteiger partial charge >= 0.3 is 6.03 Å². The Balaban J connectivity index is 1.53. The van der Waals surface area contributed by atoms with Crippen LogP contribution in [0.1, 0.15) is 0 Å². The van der Waals surface area contributed by atoms with Crippen molar-refractivity contribution in [2.45, 2.75) is 0 Å². The van der Waals surface area contributed by atoms with E-state index in [0.29, 0.717) is 17.2 Å². The van der Waals surface area contributed by atoms with Crippen LogP contribution in [0.15, 0.2) is 73.2 Å². The van der Waals surface area contributed by atoms with Crippen LogP contribution in [0.3, 0.4) is 0 Å². The highest BCUT2D eigenvalue weighted by Crippen LogP contribution is 2.22. The van der Waals surface area contributed by atoms with Crippen molar-refractivity contribution >= 4 is 23.2 Å². The van der Waals surface area contributed by atoms with Gasteiger partial charge in [0, 0.05) is 35.5 Å². The van der Waals surface area contributed by atoms with Gasteiger partial charge < -0.3 is 10.6 Å². The number of imidazole rings is 1. The molecular formula is C19H14FN5O. The average molecular weight is 347 g/mol. The van der Waals surface area contributed by atoms with Gasteiger partial charge in [-0.1, -0.05) is 18.2 Å². The molecule has 0 saturated carbocycles. The van der Waals surface area contributed by atoms with Gasteiger partial charge in [0.05, 0.1) is 5.69 Å².